The molecule has 0 aromatic carbocycles. The molecular formula is C12H22N4O. The zero-order chi connectivity index (χ0) is 12.9. The molecule has 96 valence electrons. The van der Waals surface area contributed by atoms with Crippen molar-refractivity contribution in [3.05, 3.63) is 18.2 Å². The summed E-state index contributed by atoms with van der Waals surface area (Å²) in [7, 11) is 0. The van der Waals surface area contributed by atoms with E-state index in [0.29, 0.717) is 13.0 Å². The number of hydrogen-bond acceptors (Lipinski definition) is 3. The highest BCUT2D eigenvalue weighted by atomic mass is 16.2. The van der Waals surface area contributed by atoms with Crippen LogP contribution in [0, 0.1) is 5.41 Å². The third kappa shape index (κ3) is 5.49. The fraction of sp³-hybridized carbons (Fsp3) is 0.667. The molecule has 1 amide bonds. The summed E-state index contributed by atoms with van der Waals surface area (Å²) in [6.07, 6.45) is 4.69. The Labute approximate surface area is 102 Å². The normalized spacial score (nSPS) is 13.4. The van der Waals surface area contributed by atoms with Gasteiger partial charge in [-0.05, 0) is 11.8 Å². The first-order valence-corrected chi connectivity index (χ1v) is 5.89. The lowest BCUT2D eigenvalue weighted by Gasteiger charge is -2.19. The van der Waals surface area contributed by atoms with Gasteiger partial charge in [-0.3, -0.25) is 4.79 Å². The number of nitrogens with zero attached hydrogens (tertiary/aromatic N) is 1. The van der Waals surface area contributed by atoms with E-state index in [1.54, 1.807) is 12.5 Å². The molecule has 1 heterocycles. The molecule has 1 atom stereocenters. The van der Waals surface area contributed by atoms with Crippen LogP contribution in [0.25, 0.3) is 0 Å². The summed E-state index contributed by atoms with van der Waals surface area (Å²) in [5.41, 5.74) is 6.90. The van der Waals surface area contributed by atoms with Crippen molar-refractivity contribution in [2.75, 3.05) is 6.54 Å². The van der Waals surface area contributed by atoms with Gasteiger partial charge < -0.3 is 16.0 Å². The van der Waals surface area contributed by atoms with Gasteiger partial charge in [-0.25, -0.2) is 4.98 Å². The maximum absolute atomic E-state index is 11.7. The van der Waals surface area contributed by atoms with E-state index in [4.69, 9.17) is 5.73 Å². The molecule has 1 rings (SSSR count). The first kappa shape index (κ1) is 13.7. The summed E-state index contributed by atoms with van der Waals surface area (Å²) in [4.78, 5) is 18.5. The average Bonchev–Trinajstić information content (AvgIpc) is 2.68. The van der Waals surface area contributed by atoms with Crippen LogP contribution in [0.2, 0.25) is 0 Å². The van der Waals surface area contributed by atoms with Crippen LogP contribution < -0.4 is 11.1 Å². The summed E-state index contributed by atoms with van der Waals surface area (Å²) in [5.74, 6) is -0.108. The van der Waals surface area contributed by atoms with E-state index >= 15 is 0 Å². The fourth-order valence-electron chi connectivity index (χ4n) is 1.42. The molecule has 5 nitrogen and oxygen atoms in total. The smallest absolute Gasteiger partial charge is 0.237 e. The van der Waals surface area contributed by atoms with Gasteiger partial charge in [0.25, 0.3) is 0 Å². The highest BCUT2D eigenvalue weighted by Gasteiger charge is 2.16. The number of H-pyrrole nitrogens is 1. The Kier molecular flexibility index (Phi) is 4.69. The Morgan fingerprint density at radius 1 is 1.59 bits per heavy atom. The summed E-state index contributed by atoms with van der Waals surface area (Å²) in [6.45, 7) is 7.09. The van der Waals surface area contributed by atoms with Gasteiger partial charge in [-0.2, -0.15) is 0 Å². The van der Waals surface area contributed by atoms with Crippen LogP contribution in [-0.2, 0) is 11.2 Å². The first-order chi connectivity index (χ1) is 7.88. The van der Waals surface area contributed by atoms with Crippen molar-refractivity contribution in [2.45, 2.75) is 39.7 Å². The predicted octanol–water partition coefficient (Wildman–Crippen LogP) is 0.832. The highest BCUT2D eigenvalue weighted by Crippen LogP contribution is 2.16. The average molecular weight is 238 g/mol. The predicted molar refractivity (Wildman–Crippen MR) is 67.3 cm³/mol. The Bertz CT molecular complexity index is 340. The summed E-state index contributed by atoms with van der Waals surface area (Å²) < 4.78 is 0. The van der Waals surface area contributed by atoms with Crippen LogP contribution in [-0.4, -0.2) is 28.5 Å². The number of aromatic amines is 1. The molecule has 5 heteroatoms. The topological polar surface area (TPSA) is 83.8 Å². The minimum atomic E-state index is -0.518. The third-order valence-electron chi connectivity index (χ3n) is 2.51. The van der Waals surface area contributed by atoms with E-state index in [2.05, 4.69) is 36.1 Å². The zero-order valence-electron chi connectivity index (χ0n) is 10.8. The molecule has 0 unspecified atom stereocenters. The van der Waals surface area contributed by atoms with Gasteiger partial charge in [-0.1, -0.05) is 20.8 Å². The van der Waals surface area contributed by atoms with Gasteiger partial charge in [0.15, 0.2) is 0 Å². The van der Waals surface area contributed by atoms with Crippen LogP contribution in [0.5, 0.6) is 0 Å². The van der Waals surface area contributed by atoms with Crippen molar-refractivity contribution < 1.29 is 4.79 Å². The molecule has 0 aliphatic carbocycles. The van der Waals surface area contributed by atoms with E-state index in [1.165, 1.54) is 0 Å². The number of rotatable bonds is 5. The van der Waals surface area contributed by atoms with Gasteiger partial charge in [0.2, 0.25) is 5.91 Å². The van der Waals surface area contributed by atoms with Gasteiger partial charge in [-0.15, -0.1) is 0 Å². The van der Waals surface area contributed by atoms with E-state index in [0.717, 1.165) is 12.1 Å². The van der Waals surface area contributed by atoms with Gasteiger partial charge >= 0.3 is 0 Å². The molecule has 0 spiro atoms. The van der Waals surface area contributed by atoms with Gasteiger partial charge in [0.05, 0.1) is 12.4 Å². The Balaban J connectivity index is 2.28. The Hall–Kier alpha value is -1.36. The molecular weight excluding hydrogens is 216 g/mol. The largest absolute Gasteiger partial charge is 0.355 e. The van der Waals surface area contributed by atoms with Crippen molar-refractivity contribution in [3.8, 4) is 0 Å². The quantitative estimate of drug-likeness (QED) is 0.710. The lowest BCUT2D eigenvalue weighted by Crippen LogP contribution is -2.42. The molecule has 0 saturated carbocycles. The molecule has 0 aliphatic heterocycles. The Morgan fingerprint density at radius 3 is 2.82 bits per heavy atom. The number of hydrogen-bond donors (Lipinski definition) is 3. The first-order valence-electron chi connectivity index (χ1n) is 5.89. The van der Waals surface area contributed by atoms with Crippen molar-refractivity contribution in [1.82, 2.24) is 15.3 Å². The van der Waals surface area contributed by atoms with Crippen LogP contribution in [0.1, 0.15) is 32.9 Å². The molecule has 0 saturated heterocycles. The summed E-state index contributed by atoms with van der Waals surface area (Å²) >= 11 is 0. The number of carbonyl (C=O) groups excluding carboxylic acids is 1. The van der Waals surface area contributed by atoms with E-state index in [-0.39, 0.29) is 11.3 Å². The lowest BCUT2D eigenvalue weighted by atomic mass is 9.92. The van der Waals surface area contributed by atoms with Crippen LogP contribution in [0.3, 0.4) is 0 Å². The molecule has 0 fully saturated rings. The maximum atomic E-state index is 11.7. The molecule has 17 heavy (non-hydrogen) atoms. The van der Waals surface area contributed by atoms with E-state index in [1.807, 2.05) is 0 Å². The van der Waals surface area contributed by atoms with E-state index in [9.17, 15) is 4.79 Å². The van der Waals surface area contributed by atoms with Gasteiger partial charge in [0, 0.05) is 24.9 Å². The number of imidazole rings is 1. The summed E-state index contributed by atoms with van der Waals surface area (Å²) in [6, 6.07) is -0.518. The number of nitrogens with two attached hydrogens (primary N) is 1. The maximum Gasteiger partial charge on any atom is 0.237 e. The van der Waals surface area contributed by atoms with E-state index < -0.39 is 6.04 Å². The molecule has 0 bridgehead atoms. The number of amides is 1. The van der Waals surface area contributed by atoms with Crippen molar-refractivity contribution in [2.24, 2.45) is 11.1 Å². The van der Waals surface area contributed by atoms with Crippen LogP contribution in [0.15, 0.2) is 12.5 Å². The minimum absolute atomic E-state index is 0.108. The SMILES string of the molecule is CC(C)(C)CCNC(=O)[C@@H](N)Cc1cnc[nH]1. The van der Waals surface area contributed by atoms with Crippen molar-refractivity contribution >= 4 is 5.91 Å². The second-order valence-corrected chi connectivity index (χ2v) is 5.49. The zero-order valence-corrected chi connectivity index (χ0v) is 10.8. The van der Waals surface area contributed by atoms with Crippen LogP contribution >= 0.6 is 0 Å². The van der Waals surface area contributed by atoms with Crippen LogP contribution in [0.4, 0.5) is 0 Å². The number of carbonyl (C=O) groups is 1. The molecule has 0 radical (unpaired) electrons. The number of aromatic nitrogens is 2. The highest BCUT2D eigenvalue weighted by molar-refractivity contribution is 5.81. The second kappa shape index (κ2) is 5.82. The molecule has 0 aliphatic rings. The second-order valence-electron chi connectivity index (χ2n) is 5.49. The Morgan fingerprint density at radius 2 is 2.29 bits per heavy atom. The van der Waals surface area contributed by atoms with Gasteiger partial charge in [0.1, 0.15) is 0 Å². The monoisotopic (exact) mass is 238 g/mol. The fourth-order valence-corrected chi connectivity index (χ4v) is 1.42. The lowest BCUT2D eigenvalue weighted by molar-refractivity contribution is -0.122. The van der Waals surface area contributed by atoms with Crippen molar-refractivity contribution in [3.63, 3.8) is 0 Å². The molecule has 4 N–H and O–H groups in total. The summed E-state index contributed by atoms with van der Waals surface area (Å²) in [5, 5.41) is 2.85. The molecule has 1 aromatic heterocycles. The minimum Gasteiger partial charge on any atom is -0.355 e. The van der Waals surface area contributed by atoms with Crippen molar-refractivity contribution in [1.29, 1.82) is 0 Å². The third-order valence-corrected chi connectivity index (χ3v) is 2.51. The number of nitrogens with one attached hydrogen (secondary N) is 2. The molecule has 1 aromatic rings. The standard InChI is InChI=1S/C12H22N4O/c1-12(2,3)4-5-15-11(17)10(13)6-9-7-14-8-16-9/h7-8,10H,4-6,13H2,1-3H3,(H,14,16)(H,15,17)/t10-/m0/s1.